The summed E-state index contributed by atoms with van der Waals surface area (Å²) in [6.07, 6.45) is 4.63. The number of anilines is 1. The van der Waals surface area contributed by atoms with E-state index in [1.54, 1.807) is 4.90 Å². The van der Waals surface area contributed by atoms with E-state index in [1.807, 2.05) is 17.7 Å². The Bertz CT molecular complexity index is 954. The van der Waals surface area contributed by atoms with Crippen LogP contribution in [0.2, 0.25) is 0 Å². The zero-order valence-electron chi connectivity index (χ0n) is 14.8. The molecule has 8 heteroatoms. The zero-order chi connectivity index (χ0) is 18.4. The molecule has 1 atom stereocenters. The predicted molar refractivity (Wildman–Crippen MR) is 103 cm³/mol. The first kappa shape index (κ1) is 17.3. The highest BCUT2D eigenvalue weighted by Crippen LogP contribution is 2.37. The molecule has 0 spiro atoms. The lowest BCUT2D eigenvalue weighted by Gasteiger charge is -2.19. The third kappa shape index (κ3) is 2.86. The Morgan fingerprint density at radius 2 is 2.23 bits per heavy atom. The van der Waals surface area contributed by atoms with E-state index in [2.05, 4.69) is 22.8 Å². The average Bonchev–Trinajstić information content (AvgIpc) is 3.40. The summed E-state index contributed by atoms with van der Waals surface area (Å²) in [6, 6.07) is 1.67. The van der Waals surface area contributed by atoms with Crippen molar-refractivity contribution in [1.29, 1.82) is 0 Å². The third-order valence-corrected chi connectivity index (χ3v) is 5.43. The van der Waals surface area contributed by atoms with Gasteiger partial charge >= 0.3 is 0 Å². The van der Waals surface area contributed by atoms with E-state index in [-0.39, 0.29) is 16.5 Å². The molecule has 0 aromatic carbocycles. The van der Waals surface area contributed by atoms with E-state index in [4.69, 9.17) is 4.84 Å². The van der Waals surface area contributed by atoms with E-state index in [1.165, 1.54) is 13.2 Å². The van der Waals surface area contributed by atoms with Gasteiger partial charge in [-0.1, -0.05) is 12.1 Å². The number of hydrogen-bond donors (Lipinski definition) is 1. The SMILES string of the molecule is CCc1cn(C2CC2)c2nc(N3C/C(=N\OC)C(S)C3)c(F)cc2c1=O. The summed E-state index contributed by atoms with van der Waals surface area (Å²) in [5.74, 6) is -0.264. The molecular weight excluding hydrogens is 355 g/mol. The first-order valence-electron chi connectivity index (χ1n) is 8.80. The molecule has 1 saturated heterocycles. The van der Waals surface area contributed by atoms with E-state index in [9.17, 15) is 9.18 Å². The summed E-state index contributed by atoms with van der Waals surface area (Å²) in [5.41, 5.74) is 1.86. The number of aryl methyl sites for hydroxylation is 1. The minimum Gasteiger partial charge on any atom is -0.399 e. The minimum atomic E-state index is -0.496. The molecule has 1 unspecified atom stereocenters. The molecule has 2 aromatic heterocycles. The van der Waals surface area contributed by atoms with Crippen molar-refractivity contribution in [3.05, 3.63) is 33.9 Å². The summed E-state index contributed by atoms with van der Waals surface area (Å²) in [4.78, 5) is 23.8. The molecule has 2 aliphatic rings. The Balaban J connectivity index is 1.85. The fourth-order valence-corrected chi connectivity index (χ4v) is 3.77. The van der Waals surface area contributed by atoms with Gasteiger partial charge in [0.2, 0.25) is 0 Å². The molecule has 1 aliphatic carbocycles. The number of halogens is 1. The second-order valence-electron chi connectivity index (χ2n) is 6.80. The minimum absolute atomic E-state index is 0.132. The van der Waals surface area contributed by atoms with Gasteiger partial charge in [0, 0.05) is 24.3 Å². The van der Waals surface area contributed by atoms with E-state index < -0.39 is 5.82 Å². The largest absolute Gasteiger partial charge is 0.399 e. The van der Waals surface area contributed by atoms with Gasteiger partial charge in [-0.05, 0) is 25.3 Å². The number of nitrogens with zero attached hydrogens (tertiary/aromatic N) is 4. The van der Waals surface area contributed by atoms with Crippen LogP contribution in [0.4, 0.5) is 10.2 Å². The second-order valence-corrected chi connectivity index (χ2v) is 7.43. The van der Waals surface area contributed by atoms with Crippen LogP contribution in [0.5, 0.6) is 0 Å². The maximum Gasteiger partial charge on any atom is 0.194 e. The molecule has 0 N–H and O–H groups in total. The molecule has 3 heterocycles. The fraction of sp³-hybridized carbons (Fsp3) is 0.500. The Labute approximate surface area is 156 Å². The van der Waals surface area contributed by atoms with Gasteiger partial charge in [-0.25, -0.2) is 9.37 Å². The van der Waals surface area contributed by atoms with Crippen molar-refractivity contribution < 1.29 is 9.23 Å². The van der Waals surface area contributed by atoms with Crippen molar-refractivity contribution in [2.24, 2.45) is 5.16 Å². The van der Waals surface area contributed by atoms with Crippen LogP contribution in [0.15, 0.2) is 22.2 Å². The highest BCUT2D eigenvalue weighted by molar-refractivity contribution is 7.82. The molecular formula is C18H21FN4O2S. The lowest BCUT2D eigenvalue weighted by Crippen LogP contribution is -2.24. The molecule has 0 amide bonds. The number of fused-ring (bicyclic) bond motifs is 1. The normalized spacial score (nSPS) is 21.8. The van der Waals surface area contributed by atoms with Gasteiger partial charge in [0.25, 0.3) is 0 Å². The number of pyridine rings is 2. The molecule has 2 aromatic rings. The van der Waals surface area contributed by atoms with E-state index >= 15 is 0 Å². The second kappa shape index (κ2) is 6.57. The zero-order valence-corrected chi connectivity index (χ0v) is 15.7. The first-order chi connectivity index (χ1) is 12.5. The van der Waals surface area contributed by atoms with Crippen molar-refractivity contribution >= 4 is 35.2 Å². The van der Waals surface area contributed by atoms with E-state index in [0.717, 1.165) is 18.6 Å². The van der Waals surface area contributed by atoms with Crippen molar-refractivity contribution in [2.75, 3.05) is 25.1 Å². The molecule has 26 heavy (non-hydrogen) atoms. The summed E-state index contributed by atoms with van der Waals surface area (Å²) in [5, 5.41) is 4.17. The van der Waals surface area contributed by atoms with Crippen LogP contribution < -0.4 is 10.3 Å². The topological polar surface area (TPSA) is 59.7 Å². The van der Waals surface area contributed by atoms with Crippen LogP contribution in [0.3, 0.4) is 0 Å². The number of aromatic nitrogens is 2. The lowest BCUT2D eigenvalue weighted by molar-refractivity contribution is 0.213. The molecule has 1 saturated carbocycles. The first-order valence-corrected chi connectivity index (χ1v) is 9.32. The predicted octanol–water partition coefficient (Wildman–Crippen LogP) is 2.55. The van der Waals surface area contributed by atoms with Crippen LogP contribution in [-0.2, 0) is 11.3 Å². The summed E-state index contributed by atoms with van der Waals surface area (Å²) in [7, 11) is 1.48. The average molecular weight is 376 g/mol. The molecule has 138 valence electrons. The lowest BCUT2D eigenvalue weighted by atomic mass is 10.1. The molecule has 2 fully saturated rings. The van der Waals surface area contributed by atoms with Crippen LogP contribution in [0.25, 0.3) is 11.0 Å². The van der Waals surface area contributed by atoms with Gasteiger partial charge in [-0.2, -0.15) is 12.6 Å². The van der Waals surface area contributed by atoms with Crippen molar-refractivity contribution in [2.45, 2.75) is 37.5 Å². The maximum atomic E-state index is 14.8. The number of hydrogen-bond acceptors (Lipinski definition) is 6. The van der Waals surface area contributed by atoms with E-state index in [0.29, 0.717) is 42.1 Å². The molecule has 6 nitrogen and oxygen atoms in total. The quantitative estimate of drug-likeness (QED) is 0.658. The Kier molecular flexibility index (Phi) is 4.38. The Morgan fingerprint density at radius 3 is 2.88 bits per heavy atom. The molecule has 0 radical (unpaired) electrons. The van der Waals surface area contributed by atoms with Crippen LogP contribution in [0.1, 0.15) is 31.4 Å². The maximum absolute atomic E-state index is 14.8. The smallest absolute Gasteiger partial charge is 0.194 e. The van der Waals surface area contributed by atoms with Crippen molar-refractivity contribution in [1.82, 2.24) is 9.55 Å². The highest BCUT2D eigenvalue weighted by Gasteiger charge is 2.31. The van der Waals surface area contributed by atoms with Crippen LogP contribution in [-0.4, -0.2) is 40.7 Å². The fourth-order valence-electron chi connectivity index (χ4n) is 3.45. The van der Waals surface area contributed by atoms with Crippen molar-refractivity contribution in [3.8, 4) is 0 Å². The van der Waals surface area contributed by atoms with Gasteiger partial charge in [0.05, 0.1) is 22.9 Å². The Morgan fingerprint density at radius 1 is 1.46 bits per heavy atom. The summed E-state index contributed by atoms with van der Waals surface area (Å²) >= 11 is 4.49. The van der Waals surface area contributed by atoms with Gasteiger partial charge < -0.3 is 14.3 Å². The monoisotopic (exact) mass is 376 g/mol. The highest BCUT2D eigenvalue weighted by atomic mass is 32.1. The number of oxime groups is 1. The van der Waals surface area contributed by atoms with Crippen LogP contribution in [0, 0.1) is 5.82 Å². The van der Waals surface area contributed by atoms with Crippen LogP contribution >= 0.6 is 12.6 Å². The molecule has 1 aliphatic heterocycles. The van der Waals surface area contributed by atoms with Crippen molar-refractivity contribution in [3.63, 3.8) is 0 Å². The summed E-state index contributed by atoms with van der Waals surface area (Å²) in [6.45, 7) is 2.82. The third-order valence-electron chi connectivity index (χ3n) is 4.97. The number of thiol groups is 1. The number of rotatable bonds is 4. The van der Waals surface area contributed by atoms with Gasteiger partial charge in [0.15, 0.2) is 17.1 Å². The van der Waals surface area contributed by atoms with Gasteiger partial charge in [-0.3, -0.25) is 4.79 Å². The molecule has 4 rings (SSSR count). The molecule has 0 bridgehead atoms. The Hall–Kier alpha value is -2.09. The van der Waals surface area contributed by atoms with Gasteiger partial charge in [0.1, 0.15) is 12.8 Å². The standard InChI is InChI=1S/C18H21FN4O2S/c1-3-10-7-23(11-4-5-11)17-12(16(10)24)6-13(19)18(20-17)22-8-14(21-25-2)15(26)9-22/h6-7,11,15,26H,3-5,8-9H2,1-2H3/b21-14+. The van der Waals surface area contributed by atoms with Gasteiger partial charge in [-0.15, -0.1) is 0 Å². The summed E-state index contributed by atoms with van der Waals surface area (Å²) < 4.78 is 16.9.